The van der Waals surface area contributed by atoms with Crippen molar-refractivity contribution in [2.45, 2.75) is 33.4 Å². The highest BCUT2D eigenvalue weighted by Gasteiger charge is 2.24. The number of halogens is 2. The molecule has 3 aromatic rings. The summed E-state index contributed by atoms with van der Waals surface area (Å²) in [7, 11) is 0. The fourth-order valence-electron chi connectivity index (χ4n) is 4.27. The van der Waals surface area contributed by atoms with Crippen molar-refractivity contribution in [2.24, 2.45) is 0 Å². The lowest BCUT2D eigenvalue weighted by Gasteiger charge is -2.37. The molecule has 2 aromatic carbocycles. The highest BCUT2D eigenvalue weighted by Crippen LogP contribution is 2.26. The molecule has 7 heteroatoms. The Hall–Kier alpha value is -2.21. The van der Waals surface area contributed by atoms with E-state index in [1.54, 1.807) is 4.68 Å². The van der Waals surface area contributed by atoms with Crippen molar-refractivity contribution >= 4 is 28.9 Å². The zero-order valence-corrected chi connectivity index (χ0v) is 19.5. The van der Waals surface area contributed by atoms with Crippen LogP contribution in [-0.4, -0.2) is 40.4 Å². The topological polar surface area (TPSA) is 33.4 Å². The minimum absolute atomic E-state index is 0.149. The van der Waals surface area contributed by atoms with E-state index in [9.17, 15) is 4.79 Å². The summed E-state index contributed by atoms with van der Waals surface area (Å²) in [4.78, 5) is 17.8. The number of anilines is 1. The van der Waals surface area contributed by atoms with Crippen LogP contribution in [0.25, 0.3) is 5.69 Å². The molecular formula is C24H28Cl2N4O. The number of hydrogen-bond acceptors (Lipinski definition) is 3. The molecule has 31 heavy (non-hydrogen) atoms. The Balaban J connectivity index is 1.55. The summed E-state index contributed by atoms with van der Waals surface area (Å²) in [6.45, 7) is 9.27. The molecule has 0 aliphatic carbocycles. The van der Waals surface area contributed by atoms with Crippen LogP contribution in [0.3, 0.4) is 0 Å². The van der Waals surface area contributed by atoms with Gasteiger partial charge in [-0.3, -0.25) is 14.4 Å². The summed E-state index contributed by atoms with van der Waals surface area (Å²) in [5.41, 5.74) is 4.02. The van der Waals surface area contributed by atoms with Crippen LogP contribution in [0.4, 0.5) is 5.69 Å². The Morgan fingerprint density at radius 3 is 2.35 bits per heavy atom. The third-order valence-electron chi connectivity index (χ3n) is 5.88. The second-order valence-electron chi connectivity index (χ2n) is 8.03. The van der Waals surface area contributed by atoms with Gasteiger partial charge in [0, 0.05) is 50.0 Å². The molecule has 1 aliphatic rings. The van der Waals surface area contributed by atoms with E-state index in [4.69, 9.17) is 23.2 Å². The van der Waals surface area contributed by atoms with Gasteiger partial charge in [0.2, 0.25) is 0 Å². The average molecular weight is 459 g/mol. The molecule has 0 saturated carbocycles. The van der Waals surface area contributed by atoms with Crippen molar-refractivity contribution in [3.63, 3.8) is 0 Å². The minimum Gasteiger partial charge on any atom is -0.369 e. The van der Waals surface area contributed by atoms with E-state index in [0.717, 1.165) is 55.5 Å². The molecule has 1 aromatic heterocycles. The predicted octanol–water partition coefficient (Wildman–Crippen LogP) is 4.99. The maximum absolute atomic E-state index is 13.0. The summed E-state index contributed by atoms with van der Waals surface area (Å²) in [6.07, 6.45) is 0.923. The van der Waals surface area contributed by atoms with Gasteiger partial charge in [-0.05, 0) is 43.2 Å². The lowest BCUT2D eigenvalue weighted by Crippen LogP contribution is -2.46. The fraction of sp³-hybridized carbons (Fsp3) is 0.375. The molecule has 2 heterocycles. The summed E-state index contributed by atoms with van der Waals surface area (Å²) < 4.78 is 3.76. The molecule has 1 saturated heterocycles. The van der Waals surface area contributed by atoms with Crippen LogP contribution in [0, 0.1) is 6.92 Å². The Morgan fingerprint density at radius 1 is 0.968 bits per heavy atom. The van der Waals surface area contributed by atoms with E-state index in [-0.39, 0.29) is 5.56 Å². The van der Waals surface area contributed by atoms with E-state index in [2.05, 4.69) is 29.7 Å². The molecule has 0 atom stereocenters. The molecule has 0 amide bonds. The Bertz CT molecular complexity index is 1100. The highest BCUT2D eigenvalue weighted by molar-refractivity contribution is 6.31. The molecule has 0 spiro atoms. The molecule has 0 N–H and O–H groups in total. The molecular weight excluding hydrogens is 431 g/mol. The van der Waals surface area contributed by atoms with Gasteiger partial charge in [-0.2, -0.15) is 0 Å². The van der Waals surface area contributed by atoms with Gasteiger partial charge in [0.15, 0.2) is 0 Å². The minimum atomic E-state index is -0.149. The van der Waals surface area contributed by atoms with Crippen LogP contribution in [0.1, 0.15) is 24.6 Å². The van der Waals surface area contributed by atoms with Crippen LogP contribution < -0.4 is 10.5 Å². The maximum atomic E-state index is 13.0. The van der Waals surface area contributed by atoms with Gasteiger partial charge >= 0.3 is 0 Å². The summed E-state index contributed by atoms with van der Waals surface area (Å²) in [6, 6.07) is 15.8. The van der Waals surface area contributed by atoms with Crippen molar-refractivity contribution in [1.82, 2.24) is 14.3 Å². The maximum Gasteiger partial charge on any atom is 0.290 e. The smallest absolute Gasteiger partial charge is 0.290 e. The third-order valence-corrected chi connectivity index (χ3v) is 6.50. The normalized spacial score (nSPS) is 14.9. The number of nitrogens with zero attached hydrogens (tertiary/aromatic N) is 4. The van der Waals surface area contributed by atoms with Crippen LogP contribution >= 0.6 is 23.2 Å². The number of benzene rings is 2. The lowest BCUT2D eigenvalue weighted by molar-refractivity contribution is 0.241. The largest absolute Gasteiger partial charge is 0.369 e. The van der Waals surface area contributed by atoms with E-state index >= 15 is 0 Å². The van der Waals surface area contributed by atoms with Crippen molar-refractivity contribution < 1.29 is 0 Å². The van der Waals surface area contributed by atoms with E-state index in [1.807, 2.05) is 47.1 Å². The van der Waals surface area contributed by atoms with Gasteiger partial charge in [0.25, 0.3) is 5.56 Å². The first-order valence-corrected chi connectivity index (χ1v) is 11.5. The number of rotatable bonds is 6. The van der Waals surface area contributed by atoms with Gasteiger partial charge in [0.05, 0.1) is 11.4 Å². The molecule has 1 fully saturated rings. The number of para-hydroxylation sites is 1. The molecule has 1 aliphatic heterocycles. The molecule has 0 radical (unpaired) electrons. The van der Waals surface area contributed by atoms with Gasteiger partial charge in [-0.1, -0.05) is 54.4 Å². The number of hydrogen-bond donors (Lipinski definition) is 0. The number of piperazine rings is 1. The Morgan fingerprint density at radius 2 is 1.68 bits per heavy atom. The van der Waals surface area contributed by atoms with Crippen LogP contribution in [-0.2, 0) is 13.1 Å². The molecule has 0 unspecified atom stereocenters. The first-order chi connectivity index (χ1) is 15.0. The first kappa shape index (κ1) is 22.0. The second-order valence-corrected chi connectivity index (χ2v) is 8.84. The highest BCUT2D eigenvalue weighted by atomic mass is 35.5. The third kappa shape index (κ3) is 4.54. The summed E-state index contributed by atoms with van der Waals surface area (Å²) >= 11 is 12.8. The van der Waals surface area contributed by atoms with E-state index in [0.29, 0.717) is 11.6 Å². The Labute approximate surface area is 193 Å². The van der Waals surface area contributed by atoms with Crippen molar-refractivity contribution in [2.75, 3.05) is 31.1 Å². The SMILES string of the molecule is CCCn1c(CN2CCN(c3cc(Cl)ccc3C)CC2)c(Cl)c(=O)n1-c1ccccc1. The fourth-order valence-corrected chi connectivity index (χ4v) is 4.67. The van der Waals surface area contributed by atoms with E-state index < -0.39 is 0 Å². The Kier molecular flexibility index (Phi) is 6.75. The van der Waals surface area contributed by atoms with E-state index in [1.165, 1.54) is 11.3 Å². The molecule has 4 rings (SSSR count). The summed E-state index contributed by atoms with van der Waals surface area (Å²) in [5, 5.41) is 1.09. The van der Waals surface area contributed by atoms with Gasteiger partial charge in [0.1, 0.15) is 5.02 Å². The van der Waals surface area contributed by atoms with Crippen LogP contribution in [0.2, 0.25) is 10.0 Å². The zero-order valence-electron chi connectivity index (χ0n) is 18.0. The summed E-state index contributed by atoms with van der Waals surface area (Å²) in [5.74, 6) is 0. The monoisotopic (exact) mass is 458 g/mol. The quantitative estimate of drug-likeness (QED) is 0.521. The van der Waals surface area contributed by atoms with Gasteiger partial charge in [-0.15, -0.1) is 0 Å². The lowest BCUT2D eigenvalue weighted by atomic mass is 10.1. The predicted molar refractivity (Wildman–Crippen MR) is 129 cm³/mol. The second kappa shape index (κ2) is 9.51. The van der Waals surface area contributed by atoms with Crippen LogP contribution in [0.15, 0.2) is 53.3 Å². The molecule has 5 nitrogen and oxygen atoms in total. The van der Waals surface area contributed by atoms with Crippen molar-refractivity contribution in [3.05, 3.63) is 80.2 Å². The average Bonchev–Trinajstić information content (AvgIpc) is 3.01. The molecule has 0 bridgehead atoms. The standard InChI is InChI=1S/C24H28Cl2N4O/c1-3-11-29-22(23(26)24(31)30(29)20-7-5-4-6-8-20)17-27-12-14-28(15-13-27)21-16-19(25)10-9-18(21)2/h4-10,16H,3,11-15,17H2,1-2H3. The van der Waals surface area contributed by atoms with Gasteiger partial charge < -0.3 is 4.90 Å². The number of aromatic nitrogens is 2. The van der Waals surface area contributed by atoms with Crippen molar-refractivity contribution in [1.29, 1.82) is 0 Å². The first-order valence-electron chi connectivity index (χ1n) is 10.8. The van der Waals surface area contributed by atoms with Crippen molar-refractivity contribution in [3.8, 4) is 5.69 Å². The molecule has 164 valence electrons. The van der Waals surface area contributed by atoms with Gasteiger partial charge in [-0.25, -0.2) is 4.68 Å². The number of aryl methyl sites for hydroxylation is 1. The van der Waals surface area contributed by atoms with Crippen LogP contribution in [0.5, 0.6) is 0 Å². The zero-order chi connectivity index (χ0) is 22.0.